The van der Waals surface area contributed by atoms with Gasteiger partial charge < -0.3 is 10.6 Å². The molecule has 2 aromatic rings. The van der Waals surface area contributed by atoms with Crippen molar-refractivity contribution in [3.8, 4) is 0 Å². The van der Waals surface area contributed by atoms with Crippen molar-refractivity contribution >= 4 is 29.1 Å². The molecule has 4 nitrogen and oxygen atoms in total. The minimum atomic E-state index is -4.43. The molecule has 0 unspecified atom stereocenters. The molecule has 1 aromatic carbocycles. The Bertz CT molecular complexity index is 731. The summed E-state index contributed by atoms with van der Waals surface area (Å²) in [5.41, 5.74) is -0.226. The van der Waals surface area contributed by atoms with Gasteiger partial charge in [-0.2, -0.15) is 24.9 Å². The summed E-state index contributed by atoms with van der Waals surface area (Å²) in [7, 11) is 1.57. The van der Waals surface area contributed by atoms with Crippen molar-refractivity contribution in [3.63, 3.8) is 0 Å². The van der Waals surface area contributed by atoms with Gasteiger partial charge in [0.1, 0.15) is 10.8 Å². The summed E-state index contributed by atoms with van der Waals surface area (Å²) in [5, 5.41) is 7.30. The topological polar surface area (TPSA) is 49.3 Å². The summed E-state index contributed by atoms with van der Waals surface area (Å²) in [4.78, 5) is 7.56. The number of aromatic nitrogens is 1. The maximum Gasteiger partial charge on any atom is 0.434 e. The lowest BCUT2D eigenvalue weighted by molar-refractivity contribution is -0.140. The molecule has 0 amide bonds. The first-order valence-corrected chi connectivity index (χ1v) is 9.71. The van der Waals surface area contributed by atoms with E-state index in [2.05, 4.69) is 20.6 Å². The highest BCUT2D eigenvalue weighted by Gasteiger charge is 2.33. The van der Waals surface area contributed by atoms with Crippen LogP contribution in [0.15, 0.2) is 34.6 Å². The molecule has 0 aliphatic carbocycles. The number of guanidine groups is 1. The fourth-order valence-corrected chi connectivity index (χ4v) is 3.53. The summed E-state index contributed by atoms with van der Waals surface area (Å²) < 4.78 is 51.0. The number of aliphatic imine (C=N–C) groups is 1. The van der Waals surface area contributed by atoms with Gasteiger partial charge in [-0.1, -0.05) is 18.2 Å². The molecule has 2 N–H and O–H groups in total. The van der Waals surface area contributed by atoms with Crippen LogP contribution >= 0.6 is 23.1 Å². The Morgan fingerprint density at radius 1 is 1.27 bits per heavy atom. The summed E-state index contributed by atoms with van der Waals surface area (Å²) in [6, 6.07) is 6.63. The average molecular weight is 406 g/mol. The van der Waals surface area contributed by atoms with Gasteiger partial charge in [0.25, 0.3) is 0 Å². The number of thiazole rings is 1. The molecule has 26 heavy (non-hydrogen) atoms. The van der Waals surface area contributed by atoms with E-state index in [1.54, 1.807) is 37.0 Å². The molecule has 1 aromatic heterocycles. The van der Waals surface area contributed by atoms with E-state index in [0.717, 1.165) is 22.5 Å². The van der Waals surface area contributed by atoms with Gasteiger partial charge in [0.2, 0.25) is 0 Å². The van der Waals surface area contributed by atoms with Crippen LogP contribution < -0.4 is 10.6 Å². The lowest BCUT2D eigenvalue weighted by Crippen LogP contribution is -2.37. The number of thioether (sulfide) groups is 1. The predicted octanol–water partition coefficient (Wildman–Crippen LogP) is 3.90. The Hall–Kier alpha value is -1.81. The Morgan fingerprint density at radius 3 is 2.69 bits per heavy atom. The average Bonchev–Trinajstić information content (AvgIpc) is 3.08. The molecule has 0 aliphatic heterocycles. The monoisotopic (exact) mass is 406 g/mol. The second kappa shape index (κ2) is 9.77. The first-order chi connectivity index (χ1) is 12.4. The van der Waals surface area contributed by atoms with Gasteiger partial charge in [-0.15, -0.1) is 11.3 Å². The second-order valence-electron chi connectivity index (χ2n) is 5.12. The highest BCUT2D eigenvalue weighted by Crippen LogP contribution is 2.29. The van der Waals surface area contributed by atoms with Crippen molar-refractivity contribution in [2.45, 2.75) is 18.5 Å². The van der Waals surface area contributed by atoms with Gasteiger partial charge in [-0.3, -0.25) is 4.99 Å². The van der Waals surface area contributed by atoms with Gasteiger partial charge in [-0.05, 0) is 11.6 Å². The zero-order chi connectivity index (χ0) is 19.0. The normalized spacial score (nSPS) is 12.3. The number of halogens is 4. The highest BCUT2D eigenvalue weighted by molar-refractivity contribution is 7.98. The predicted molar refractivity (Wildman–Crippen MR) is 97.9 cm³/mol. The van der Waals surface area contributed by atoms with Crippen molar-refractivity contribution in [1.82, 2.24) is 15.6 Å². The highest BCUT2D eigenvalue weighted by atomic mass is 32.2. The van der Waals surface area contributed by atoms with Crippen LogP contribution in [0, 0.1) is 5.82 Å². The van der Waals surface area contributed by atoms with Crippen LogP contribution in [0.2, 0.25) is 0 Å². The maximum absolute atomic E-state index is 13.5. The van der Waals surface area contributed by atoms with E-state index in [9.17, 15) is 17.6 Å². The van der Waals surface area contributed by atoms with Crippen LogP contribution in [0.5, 0.6) is 0 Å². The number of nitrogens with one attached hydrogen (secondary N) is 2. The minimum absolute atomic E-state index is 0.156. The molecule has 2 rings (SSSR count). The van der Waals surface area contributed by atoms with Crippen molar-refractivity contribution in [2.24, 2.45) is 4.99 Å². The summed E-state index contributed by atoms with van der Waals surface area (Å²) >= 11 is 2.52. The number of alkyl halides is 3. The number of hydrogen-bond acceptors (Lipinski definition) is 4. The molecule has 0 saturated heterocycles. The smallest absolute Gasteiger partial charge is 0.356 e. The quantitative estimate of drug-likeness (QED) is 0.317. The van der Waals surface area contributed by atoms with Crippen molar-refractivity contribution in [3.05, 3.63) is 51.7 Å². The largest absolute Gasteiger partial charge is 0.434 e. The van der Waals surface area contributed by atoms with Crippen LogP contribution in [0.4, 0.5) is 17.6 Å². The molecule has 0 atom stereocenters. The van der Waals surface area contributed by atoms with Crippen LogP contribution in [0.1, 0.15) is 16.3 Å². The summed E-state index contributed by atoms with van der Waals surface area (Å²) in [6.45, 7) is 0.743. The number of nitrogens with zero attached hydrogens (tertiary/aromatic N) is 2. The maximum atomic E-state index is 13.5. The molecular formula is C16H18F4N4S2. The first kappa shape index (κ1) is 20.5. The van der Waals surface area contributed by atoms with Gasteiger partial charge in [0.05, 0.1) is 6.54 Å². The van der Waals surface area contributed by atoms with Crippen LogP contribution in [-0.4, -0.2) is 30.3 Å². The van der Waals surface area contributed by atoms with E-state index in [1.165, 1.54) is 6.07 Å². The van der Waals surface area contributed by atoms with Crippen LogP contribution in [0.25, 0.3) is 0 Å². The van der Waals surface area contributed by atoms with Crippen LogP contribution in [-0.2, 0) is 18.5 Å². The third-order valence-corrected chi connectivity index (χ3v) is 5.08. The fraction of sp³-hybridized carbons (Fsp3) is 0.375. The van der Waals surface area contributed by atoms with E-state index in [4.69, 9.17) is 0 Å². The van der Waals surface area contributed by atoms with Crippen molar-refractivity contribution < 1.29 is 17.6 Å². The lowest BCUT2D eigenvalue weighted by Gasteiger charge is -2.11. The number of rotatable bonds is 7. The zero-order valence-electron chi connectivity index (χ0n) is 13.9. The molecule has 0 fully saturated rings. The molecule has 142 valence electrons. The Morgan fingerprint density at radius 2 is 2.04 bits per heavy atom. The number of hydrogen-bond donors (Lipinski definition) is 2. The van der Waals surface area contributed by atoms with Crippen molar-refractivity contribution in [1.29, 1.82) is 0 Å². The molecule has 0 radical (unpaired) electrons. The van der Waals surface area contributed by atoms with E-state index >= 15 is 0 Å². The zero-order valence-corrected chi connectivity index (χ0v) is 15.6. The lowest BCUT2D eigenvalue weighted by atomic mass is 10.2. The molecule has 0 aliphatic rings. The van der Waals surface area contributed by atoms with Gasteiger partial charge in [0.15, 0.2) is 11.7 Å². The second-order valence-corrected chi connectivity index (χ2v) is 7.17. The van der Waals surface area contributed by atoms with E-state index < -0.39 is 11.9 Å². The third kappa shape index (κ3) is 6.49. The van der Waals surface area contributed by atoms with Crippen molar-refractivity contribution in [2.75, 3.05) is 19.3 Å². The Kier molecular flexibility index (Phi) is 7.70. The van der Waals surface area contributed by atoms with E-state index in [0.29, 0.717) is 28.8 Å². The molecule has 0 saturated carbocycles. The van der Waals surface area contributed by atoms with Gasteiger partial charge in [-0.25, -0.2) is 9.37 Å². The Labute approximate surface area is 157 Å². The molecule has 0 spiro atoms. The minimum Gasteiger partial charge on any atom is -0.356 e. The van der Waals surface area contributed by atoms with Gasteiger partial charge in [0, 0.05) is 30.5 Å². The summed E-state index contributed by atoms with van der Waals surface area (Å²) in [5.74, 6) is 1.55. The Balaban J connectivity index is 1.68. The third-order valence-electron chi connectivity index (χ3n) is 3.23. The van der Waals surface area contributed by atoms with Crippen LogP contribution in [0.3, 0.4) is 0 Å². The van der Waals surface area contributed by atoms with E-state index in [1.807, 2.05) is 0 Å². The first-order valence-electron chi connectivity index (χ1n) is 7.67. The number of benzene rings is 1. The van der Waals surface area contributed by atoms with E-state index in [-0.39, 0.29) is 12.4 Å². The SMILES string of the molecule is CN=C(NCCSCc1ccccc1F)NCc1nc(C(F)(F)F)cs1. The molecule has 1 heterocycles. The molecule has 10 heteroatoms. The van der Waals surface area contributed by atoms with Gasteiger partial charge >= 0.3 is 6.18 Å². The molecular weight excluding hydrogens is 388 g/mol. The summed E-state index contributed by atoms with van der Waals surface area (Å²) in [6.07, 6.45) is -4.43. The molecule has 0 bridgehead atoms. The standard InChI is InChI=1S/C16H18F4N4S2/c1-21-15(23-8-14-24-13(10-26-14)16(18,19)20)22-6-7-25-9-11-4-2-3-5-12(11)17/h2-5,10H,6-9H2,1H3,(H2,21,22,23). The fourth-order valence-electron chi connectivity index (χ4n) is 1.94.